The maximum atomic E-state index is 13.9. The highest BCUT2D eigenvalue weighted by Crippen LogP contribution is 2.39. The molecule has 5 nitrogen and oxygen atoms in total. The van der Waals surface area contributed by atoms with Gasteiger partial charge in [-0.25, -0.2) is 4.39 Å². The van der Waals surface area contributed by atoms with Gasteiger partial charge in [0.25, 0.3) is 0 Å². The molecule has 21 heavy (non-hydrogen) atoms. The summed E-state index contributed by atoms with van der Waals surface area (Å²) in [5.74, 6) is -0.307. The lowest BCUT2D eigenvalue weighted by atomic mass is 10.0. The number of phenolic OH excluding ortho intramolecular Hbond substituents is 1. The Balaban J connectivity index is 2.12. The Bertz CT molecular complexity index is 578. The number of hydrazone groups is 1. The summed E-state index contributed by atoms with van der Waals surface area (Å²) in [6, 6.07) is 2.62. The number of hydrogen-bond donors (Lipinski definition) is 3. The minimum atomic E-state index is -0.318. The summed E-state index contributed by atoms with van der Waals surface area (Å²) >= 11 is 5.07. The zero-order chi connectivity index (χ0) is 15.4. The third kappa shape index (κ3) is 3.48. The molecule has 3 N–H and O–H groups in total. The van der Waals surface area contributed by atoms with E-state index < -0.39 is 0 Å². The lowest BCUT2D eigenvalue weighted by Crippen LogP contribution is -2.34. The Morgan fingerprint density at radius 2 is 2.33 bits per heavy atom. The number of fused-ring (bicyclic) bond motifs is 1. The first-order valence-electron chi connectivity index (χ1n) is 6.65. The van der Waals surface area contributed by atoms with Crippen LogP contribution in [0.4, 0.5) is 4.39 Å². The lowest BCUT2D eigenvalue weighted by molar-refractivity contribution is 0.204. The van der Waals surface area contributed by atoms with Crippen molar-refractivity contribution in [2.45, 2.75) is 19.3 Å². The normalized spacial score (nSPS) is 18.6. The number of nitrogens with zero attached hydrogens (tertiary/aromatic N) is 1. The van der Waals surface area contributed by atoms with Gasteiger partial charge in [0.1, 0.15) is 11.6 Å². The van der Waals surface area contributed by atoms with E-state index >= 15 is 0 Å². The first kappa shape index (κ1) is 15.7. The first-order chi connectivity index (χ1) is 10.0. The smallest absolute Gasteiger partial charge is 0.187 e. The Morgan fingerprint density at radius 3 is 3.05 bits per heavy atom. The van der Waals surface area contributed by atoms with Crippen LogP contribution in [0.15, 0.2) is 17.2 Å². The van der Waals surface area contributed by atoms with E-state index in [9.17, 15) is 9.50 Å². The highest BCUT2D eigenvalue weighted by Gasteiger charge is 2.30. The van der Waals surface area contributed by atoms with Gasteiger partial charge >= 0.3 is 0 Å². The van der Waals surface area contributed by atoms with Crippen LogP contribution >= 0.6 is 12.2 Å². The lowest BCUT2D eigenvalue weighted by Gasteiger charge is -2.08. The average Bonchev–Trinajstić information content (AvgIpc) is 2.79. The third-order valence-corrected chi connectivity index (χ3v) is 3.57. The van der Waals surface area contributed by atoms with Gasteiger partial charge in [0.15, 0.2) is 5.11 Å². The number of aromatic hydroxyl groups is 1. The summed E-state index contributed by atoms with van der Waals surface area (Å²) < 4.78 is 18.8. The van der Waals surface area contributed by atoms with E-state index in [1.165, 1.54) is 12.1 Å². The number of ether oxygens (including phenoxy) is 1. The van der Waals surface area contributed by atoms with Gasteiger partial charge in [0.05, 0.1) is 12.3 Å². The predicted octanol–water partition coefficient (Wildman–Crippen LogP) is 1.85. The van der Waals surface area contributed by atoms with E-state index in [2.05, 4.69) is 15.8 Å². The largest absolute Gasteiger partial charge is 0.507 e. The van der Waals surface area contributed by atoms with Crippen molar-refractivity contribution in [1.29, 1.82) is 0 Å². The fraction of sp³-hybridized carbons (Fsp3) is 0.429. The Kier molecular flexibility index (Phi) is 5.08. The molecule has 0 heterocycles. The molecule has 0 fully saturated rings. The summed E-state index contributed by atoms with van der Waals surface area (Å²) in [7, 11) is 1.60. The summed E-state index contributed by atoms with van der Waals surface area (Å²) in [6.45, 7) is 3.00. The van der Waals surface area contributed by atoms with Crippen LogP contribution < -0.4 is 10.7 Å². The van der Waals surface area contributed by atoms with Crippen molar-refractivity contribution < 1.29 is 14.2 Å². The second-order valence-corrected chi connectivity index (χ2v) is 5.29. The van der Waals surface area contributed by atoms with E-state index in [4.69, 9.17) is 17.0 Å². The molecule has 1 aliphatic carbocycles. The summed E-state index contributed by atoms with van der Waals surface area (Å²) in [6.07, 6.45) is 0.553. The molecule has 0 spiro atoms. The summed E-state index contributed by atoms with van der Waals surface area (Å²) in [5.41, 5.74) is 4.29. The maximum absolute atomic E-state index is 13.9. The van der Waals surface area contributed by atoms with Crippen LogP contribution in [0, 0.1) is 5.82 Å². The topological polar surface area (TPSA) is 65.9 Å². The number of rotatable bonds is 4. The molecule has 1 atom stereocenters. The van der Waals surface area contributed by atoms with Crippen molar-refractivity contribution in [1.82, 2.24) is 10.7 Å². The van der Waals surface area contributed by atoms with Gasteiger partial charge in [-0.3, -0.25) is 5.43 Å². The fourth-order valence-corrected chi connectivity index (χ4v) is 2.54. The molecule has 0 aliphatic heterocycles. The molecule has 1 aromatic carbocycles. The molecule has 0 radical (unpaired) electrons. The minimum absolute atomic E-state index is 0.0253. The van der Waals surface area contributed by atoms with Gasteiger partial charge in [-0.15, -0.1) is 0 Å². The van der Waals surface area contributed by atoms with Crippen LogP contribution in [-0.4, -0.2) is 36.2 Å². The van der Waals surface area contributed by atoms with Gasteiger partial charge in [0, 0.05) is 24.8 Å². The van der Waals surface area contributed by atoms with Crippen molar-refractivity contribution in [3.63, 3.8) is 0 Å². The number of phenols is 1. The Labute approximate surface area is 128 Å². The number of halogens is 1. The molecule has 0 amide bonds. The fourth-order valence-electron chi connectivity index (χ4n) is 2.39. The monoisotopic (exact) mass is 311 g/mol. The molecule has 0 aromatic heterocycles. The highest BCUT2D eigenvalue weighted by atomic mass is 32.1. The van der Waals surface area contributed by atoms with E-state index in [1.54, 1.807) is 7.11 Å². The quantitative estimate of drug-likeness (QED) is 0.450. The Morgan fingerprint density at radius 1 is 1.57 bits per heavy atom. The molecule has 0 saturated heterocycles. The molecule has 1 aliphatic rings. The number of thiocarbonyl (C=S) groups is 1. The first-order valence-corrected chi connectivity index (χ1v) is 7.06. The van der Waals surface area contributed by atoms with Gasteiger partial charge in [-0.2, -0.15) is 5.10 Å². The van der Waals surface area contributed by atoms with Crippen molar-refractivity contribution in [3.8, 4) is 5.75 Å². The molecule has 2 rings (SSSR count). The van der Waals surface area contributed by atoms with E-state index in [1.807, 2.05) is 6.92 Å². The molecule has 0 bridgehead atoms. The van der Waals surface area contributed by atoms with Gasteiger partial charge in [-0.1, -0.05) is 6.92 Å². The standard InChI is InChI=1S/C14H18FN3O2S/c1-8-7-10(17-18-14(21)16-5-6-20-2)13-11(19)4-3-9(15)12(8)13/h3-4,8,19H,5-7H2,1-2H3,(H2,16,18,21)/b17-10+/t8-/m1/s1. The van der Waals surface area contributed by atoms with Crippen LogP contribution in [-0.2, 0) is 4.74 Å². The number of hydrogen-bond acceptors (Lipinski definition) is 4. The SMILES string of the molecule is COCCNC(=S)N/N=C1\C[C@@H](C)c2c(F)ccc(O)c21. The molecule has 0 saturated carbocycles. The second-order valence-electron chi connectivity index (χ2n) is 4.88. The van der Waals surface area contributed by atoms with Crippen LogP contribution in [0.2, 0.25) is 0 Å². The summed E-state index contributed by atoms with van der Waals surface area (Å²) in [4.78, 5) is 0. The zero-order valence-electron chi connectivity index (χ0n) is 11.9. The Hall–Kier alpha value is -1.73. The van der Waals surface area contributed by atoms with Gasteiger partial charge in [0.2, 0.25) is 0 Å². The number of benzene rings is 1. The molecular formula is C14H18FN3O2S. The van der Waals surface area contributed by atoms with E-state index in [0.29, 0.717) is 41.5 Å². The van der Waals surface area contributed by atoms with Crippen LogP contribution in [0.3, 0.4) is 0 Å². The predicted molar refractivity (Wildman–Crippen MR) is 83.2 cm³/mol. The van der Waals surface area contributed by atoms with Gasteiger partial charge < -0.3 is 15.2 Å². The van der Waals surface area contributed by atoms with Crippen molar-refractivity contribution in [2.75, 3.05) is 20.3 Å². The van der Waals surface area contributed by atoms with Crippen LogP contribution in [0.5, 0.6) is 5.75 Å². The average molecular weight is 311 g/mol. The molecule has 0 unspecified atom stereocenters. The van der Waals surface area contributed by atoms with Crippen molar-refractivity contribution in [2.24, 2.45) is 5.10 Å². The van der Waals surface area contributed by atoms with Crippen molar-refractivity contribution in [3.05, 3.63) is 29.1 Å². The highest BCUT2D eigenvalue weighted by molar-refractivity contribution is 7.80. The molecular weight excluding hydrogens is 293 g/mol. The number of methoxy groups -OCH3 is 1. The zero-order valence-corrected chi connectivity index (χ0v) is 12.8. The molecule has 7 heteroatoms. The van der Waals surface area contributed by atoms with E-state index in [0.717, 1.165) is 0 Å². The third-order valence-electron chi connectivity index (χ3n) is 3.34. The maximum Gasteiger partial charge on any atom is 0.187 e. The van der Waals surface area contributed by atoms with E-state index in [-0.39, 0.29) is 17.5 Å². The summed E-state index contributed by atoms with van der Waals surface area (Å²) in [5, 5.41) is 17.4. The minimum Gasteiger partial charge on any atom is -0.507 e. The second kappa shape index (κ2) is 6.82. The number of nitrogens with one attached hydrogen (secondary N) is 2. The van der Waals surface area contributed by atoms with Gasteiger partial charge in [-0.05, 0) is 36.7 Å². The van der Waals surface area contributed by atoms with Crippen LogP contribution in [0.1, 0.15) is 30.4 Å². The van der Waals surface area contributed by atoms with Crippen LogP contribution in [0.25, 0.3) is 0 Å². The molecule has 114 valence electrons. The van der Waals surface area contributed by atoms with Crippen molar-refractivity contribution >= 4 is 23.0 Å². The molecule has 1 aromatic rings.